The number of carbonyl (C=O) groups excluding carboxylic acids is 1. The molecule has 1 aromatic carbocycles. The molecule has 2 heterocycles. The van der Waals surface area contributed by atoms with E-state index in [0.717, 1.165) is 37.9 Å². The highest BCUT2D eigenvalue weighted by Gasteiger charge is 2.23. The average molecular weight is 356 g/mol. The molecule has 1 amide bonds. The Morgan fingerprint density at radius 2 is 1.88 bits per heavy atom. The number of anilines is 1. The minimum atomic E-state index is -0.301. The maximum Gasteiger partial charge on any atom is 0.318 e. The predicted octanol–water partition coefficient (Wildman–Crippen LogP) is 3.65. The zero-order chi connectivity index (χ0) is 18.2. The Hall–Kier alpha value is -2.37. The van der Waals surface area contributed by atoms with Gasteiger partial charge in [0.05, 0.1) is 0 Å². The van der Waals surface area contributed by atoms with Crippen LogP contribution < -0.4 is 10.2 Å². The lowest BCUT2D eigenvalue weighted by molar-refractivity contribution is -0.122. The van der Waals surface area contributed by atoms with Crippen molar-refractivity contribution in [2.24, 2.45) is 0 Å². The van der Waals surface area contributed by atoms with Gasteiger partial charge in [-0.25, -0.2) is 0 Å². The number of carbonyl (C=O) groups is 1. The summed E-state index contributed by atoms with van der Waals surface area (Å²) in [5.74, 6) is 0.500. The molecule has 1 aliphatic rings. The van der Waals surface area contributed by atoms with E-state index in [1.807, 2.05) is 37.3 Å². The predicted molar refractivity (Wildman–Crippen MR) is 101 cm³/mol. The highest BCUT2D eigenvalue weighted by atomic mass is 16.4. The van der Waals surface area contributed by atoms with E-state index in [1.165, 1.54) is 12.8 Å². The molecule has 2 aromatic rings. The molecular formula is C20H28N4O2. The van der Waals surface area contributed by atoms with Crippen LogP contribution in [0.2, 0.25) is 0 Å². The van der Waals surface area contributed by atoms with E-state index in [2.05, 4.69) is 20.4 Å². The Morgan fingerprint density at radius 1 is 1.15 bits per heavy atom. The summed E-state index contributed by atoms with van der Waals surface area (Å²) in [6.45, 7) is 3.90. The van der Waals surface area contributed by atoms with E-state index < -0.39 is 0 Å². The van der Waals surface area contributed by atoms with Crippen molar-refractivity contribution in [3.63, 3.8) is 0 Å². The lowest BCUT2D eigenvalue weighted by atomic mass is 10.1. The van der Waals surface area contributed by atoms with Gasteiger partial charge < -0.3 is 14.6 Å². The van der Waals surface area contributed by atoms with Crippen molar-refractivity contribution >= 4 is 11.9 Å². The van der Waals surface area contributed by atoms with Gasteiger partial charge in [-0.3, -0.25) is 4.79 Å². The molecule has 26 heavy (non-hydrogen) atoms. The summed E-state index contributed by atoms with van der Waals surface area (Å²) < 4.78 is 5.98. The van der Waals surface area contributed by atoms with Crippen LogP contribution in [0.3, 0.4) is 0 Å². The molecule has 1 saturated heterocycles. The van der Waals surface area contributed by atoms with E-state index >= 15 is 0 Å². The maximum atomic E-state index is 12.2. The first-order valence-corrected chi connectivity index (χ1v) is 9.68. The molecule has 1 aliphatic heterocycles. The fraction of sp³-hybridized carbons (Fsp3) is 0.550. The van der Waals surface area contributed by atoms with Gasteiger partial charge in [-0.05, 0) is 24.8 Å². The van der Waals surface area contributed by atoms with Gasteiger partial charge in [0.25, 0.3) is 0 Å². The molecule has 6 heteroatoms. The minimum absolute atomic E-state index is 0.0166. The Balaban J connectivity index is 1.75. The fourth-order valence-corrected chi connectivity index (χ4v) is 3.30. The van der Waals surface area contributed by atoms with E-state index in [1.54, 1.807) is 0 Å². The van der Waals surface area contributed by atoms with E-state index in [4.69, 9.17) is 4.42 Å². The number of hydrogen-bond acceptors (Lipinski definition) is 5. The van der Waals surface area contributed by atoms with Gasteiger partial charge in [-0.1, -0.05) is 55.2 Å². The standard InChI is InChI=1S/C20H28N4O2/c1-2-10-18(25)21-17(15-16-11-6-5-7-12-16)19-22-23-20(26-19)24-13-8-3-4-9-14-24/h5-7,11-12,17H,2-4,8-10,13-15H2,1H3,(H,21,25)/t17-/m0/s1. The first-order valence-electron chi connectivity index (χ1n) is 9.68. The van der Waals surface area contributed by atoms with Crippen LogP contribution in [0.1, 0.15) is 62.9 Å². The molecule has 3 rings (SSSR count). The van der Waals surface area contributed by atoms with Crippen molar-refractivity contribution in [1.82, 2.24) is 15.5 Å². The summed E-state index contributed by atoms with van der Waals surface area (Å²) in [5, 5.41) is 11.6. The quantitative estimate of drug-likeness (QED) is 0.820. The van der Waals surface area contributed by atoms with Gasteiger partial charge in [0.15, 0.2) is 0 Å². The highest BCUT2D eigenvalue weighted by molar-refractivity contribution is 5.76. The lowest BCUT2D eigenvalue weighted by Gasteiger charge is -2.18. The highest BCUT2D eigenvalue weighted by Crippen LogP contribution is 2.23. The molecule has 0 bridgehead atoms. The lowest BCUT2D eigenvalue weighted by Crippen LogP contribution is -2.30. The van der Waals surface area contributed by atoms with E-state index in [9.17, 15) is 4.79 Å². The third kappa shape index (κ3) is 5.07. The fourth-order valence-electron chi connectivity index (χ4n) is 3.30. The molecule has 1 aromatic heterocycles. The van der Waals surface area contributed by atoms with Crippen LogP contribution >= 0.6 is 0 Å². The minimum Gasteiger partial charge on any atom is -0.406 e. The monoisotopic (exact) mass is 356 g/mol. The molecule has 1 fully saturated rings. The Labute approximate surface area is 155 Å². The van der Waals surface area contributed by atoms with Crippen molar-refractivity contribution in [1.29, 1.82) is 0 Å². The Kier molecular flexibility index (Phi) is 6.63. The first kappa shape index (κ1) is 18.4. The van der Waals surface area contributed by atoms with Gasteiger partial charge in [0, 0.05) is 25.9 Å². The molecule has 1 N–H and O–H groups in total. The van der Waals surface area contributed by atoms with Gasteiger partial charge >= 0.3 is 6.01 Å². The SMILES string of the molecule is CCCC(=O)N[C@@H](Cc1ccccc1)c1nnc(N2CCCCCC2)o1. The van der Waals surface area contributed by atoms with Gasteiger partial charge in [-0.15, -0.1) is 5.10 Å². The average Bonchev–Trinajstić information content (AvgIpc) is 2.98. The van der Waals surface area contributed by atoms with Crippen LogP contribution in [0.25, 0.3) is 0 Å². The summed E-state index contributed by atoms with van der Waals surface area (Å²) in [7, 11) is 0. The van der Waals surface area contributed by atoms with Crippen molar-refractivity contribution < 1.29 is 9.21 Å². The Bertz CT molecular complexity index is 678. The van der Waals surface area contributed by atoms with Crippen LogP contribution in [0.15, 0.2) is 34.7 Å². The molecule has 0 unspecified atom stereocenters. The number of nitrogens with zero attached hydrogens (tertiary/aromatic N) is 3. The van der Waals surface area contributed by atoms with Gasteiger partial charge in [0.1, 0.15) is 6.04 Å². The zero-order valence-electron chi connectivity index (χ0n) is 15.5. The second-order valence-electron chi connectivity index (χ2n) is 6.88. The van der Waals surface area contributed by atoms with Crippen molar-refractivity contribution in [3.8, 4) is 0 Å². The van der Waals surface area contributed by atoms with Gasteiger partial charge in [0.2, 0.25) is 11.8 Å². The molecule has 6 nitrogen and oxygen atoms in total. The smallest absolute Gasteiger partial charge is 0.318 e. The van der Waals surface area contributed by atoms with Crippen molar-refractivity contribution in [3.05, 3.63) is 41.8 Å². The third-order valence-electron chi connectivity index (χ3n) is 4.70. The second kappa shape index (κ2) is 9.36. The van der Waals surface area contributed by atoms with Crippen LogP contribution in [0.4, 0.5) is 6.01 Å². The molecule has 0 aliphatic carbocycles. The number of benzene rings is 1. The maximum absolute atomic E-state index is 12.2. The molecule has 0 spiro atoms. The summed E-state index contributed by atoms with van der Waals surface area (Å²) in [6.07, 6.45) is 6.75. The number of hydrogen-bond donors (Lipinski definition) is 1. The third-order valence-corrected chi connectivity index (χ3v) is 4.70. The van der Waals surface area contributed by atoms with Crippen molar-refractivity contribution in [2.45, 2.75) is 57.9 Å². The van der Waals surface area contributed by atoms with E-state index in [-0.39, 0.29) is 11.9 Å². The van der Waals surface area contributed by atoms with Crippen LogP contribution in [-0.2, 0) is 11.2 Å². The van der Waals surface area contributed by atoms with Crippen LogP contribution in [0.5, 0.6) is 0 Å². The summed E-state index contributed by atoms with van der Waals surface area (Å²) in [4.78, 5) is 14.3. The summed E-state index contributed by atoms with van der Waals surface area (Å²) >= 11 is 0. The molecule has 140 valence electrons. The molecular weight excluding hydrogens is 328 g/mol. The second-order valence-corrected chi connectivity index (χ2v) is 6.88. The number of rotatable bonds is 7. The largest absolute Gasteiger partial charge is 0.406 e. The number of aromatic nitrogens is 2. The first-order chi connectivity index (χ1) is 12.8. The molecule has 1 atom stereocenters. The summed E-state index contributed by atoms with van der Waals surface area (Å²) in [5.41, 5.74) is 1.13. The van der Waals surface area contributed by atoms with Crippen LogP contribution in [0, 0.1) is 0 Å². The van der Waals surface area contributed by atoms with Crippen molar-refractivity contribution in [2.75, 3.05) is 18.0 Å². The zero-order valence-corrected chi connectivity index (χ0v) is 15.5. The summed E-state index contributed by atoms with van der Waals surface area (Å²) in [6, 6.07) is 10.3. The van der Waals surface area contributed by atoms with E-state index in [0.29, 0.717) is 24.7 Å². The van der Waals surface area contributed by atoms with Gasteiger partial charge in [-0.2, -0.15) is 0 Å². The van der Waals surface area contributed by atoms with Crippen LogP contribution in [-0.4, -0.2) is 29.2 Å². The molecule has 0 saturated carbocycles. The number of nitrogens with one attached hydrogen (secondary N) is 1. The molecule has 0 radical (unpaired) electrons. The number of amides is 1. The Morgan fingerprint density at radius 3 is 2.58 bits per heavy atom. The topological polar surface area (TPSA) is 71.3 Å². The normalized spacial score (nSPS) is 16.1.